The summed E-state index contributed by atoms with van der Waals surface area (Å²) in [7, 11) is -1.58. The number of carbonyl (C=O) groups excluding carboxylic acids is 2. The van der Waals surface area contributed by atoms with Crippen LogP contribution in [0.25, 0.3) is 0 Å². The van der Waals surface area contributed by atoms with Gasteiger partial charge in [-0.2, -0.15) is 0 Å². The molecule has 9 heteroatoms. The first kappa shape index (κ1) is 19.6. The minimum absolute atomic E-state index is 0.117. The average Bonchev–Trinajstić information content (AvgIpc) is 3.19. The Kier molecular flexibility index (Phi) is 6.28. The Bertz CT molecular complexity index is 831. The molecule has 0 saturated carbocycles. The van der Waals surface area contributed by atoms with Crippen LogP contribution in [0, 0.1) is 5.82 Å². The van der Waals surface area contributed by atoms with Crippen LogP contribution in [0.1, 0.15) is 16.1 Å². The van der Waals surface area contributed by atoms with Crippen molar-refractivity contribution in [3.8, 4) is 0 Å². The van der Waals surface area contributed by atoms with Gasteiger partial charge in [-0.15, -0.1) is 0 Å². The van der Waals surface area contributed by atoms with Gasteiger partial charge in [0.1, 0.15) is 11.6 Å². The zero-order chi connectivity index (χ0) is 19.4. The highest BCUT2D eigenvalue weighted by Crippen LogP contribution is 2.20. The Morgan fingerprint density at radius 2 is 1.81 bits per heavy atom. The summed E-state index contributed by atoms with van der Waals surface area (Å²) < 4.78 is 31.1. The molecule has 1 fully saturated rings. The van der Waals surface area contributed by atoms with Gasteiger partial charge < -0.3 is 14.2 Å². The zero-order valence-electron chi connectivity index (χ0n) is 14.4. The van der Waals surface area contributed by atoms with E-state index in [-0.39, 0.29) is 39.7 Å². The first-order chi connectivity index (χ1) is 13.0. The largest absolute Gasteiger partial charge is 0.459 e. The molecule has 27 heavy (non-hydrogen) atoms. The lowest BCUT2D eigenvalue weighted by Crippen LogP contribution is -2.51. The van der Waals surface area contributed by atoms with E-state index in [1.54, 1.807) is 21.9 Å². The second-order valence-electron chi connectivity index (χ2n) is 6.08. The Labute approximate surface area is 163 Å². The Hall–Kier alpha value is -2.19. The number of carbonyl (C=O) groups is 2. The second kappa shape index (κ2) is 8.67. The summed E-state index contributed by atoms with van der Waals surface area (Å²) in [5.74, 6) is -1.10. The van der Waals surface area contributed by atoms with Gasteiger partial charge in [-0.05, 0) is 24.3 Å². The Morgan fingerprint density at radius 1 is 1.11 bits per heavy atom. The number of piperazine rings is 1. The van der Waals surface area contributed by atoms with E-state index >= 15 is 0 Å². The van der Waals surface area contributed by atoms with E-state index in [9.17, 15) is 18.2 Å². The smallest absolute Gasteiger partial charge is 0.289 e. The van der Waals surface area contributed by atoms with Gasteiger partial charge in [0.25, 0.3) is 5.91 Å². The van der Waals surface area contributed by atoms with Crippen LogP contribution in [0.15, 0.2) is 41.0 Å². The quantitative estimate of drug-likeness (QED) is 0.755. The van der Waals surface area contributed by atoms with Crippen molar-refractivity contribution < 1.29 is 22.6 Å². The van der Waals surface area contributed by atoms with Crippen LogP contribution in [-0.2, 0) is 21.3 Å². The average molecular weight is 413 g/mol. The maximum atomic E-state index is 13.8. The lowest BCUT2D eigenvalue weighted by Gasteiger charge is -2.34. The highest BCUT2D eigenvalue weighted by atomic mass is 35.5. The van der Waals surface area contributed by atoms with Gasteiger partial charge in [0.2, 0.25) is 5.91 Å². The summed E-state index contributed by atoms with van der Waals surface area (Å²) in [5.41, 5.74) is 0.152. The van der Waals surface area contributed by atoms with Crippen molar-refractivity contribution >= 4 is 34.2 Å². The number of hydrogen-bond acceptors (Lipinski definition) is 4. The third-order valence-corrected chi connectivity index (χ3v) is 5.84. The first-order valence-electron chi connectivity index (χ1n) is 8.34. The number of furan rings is 1. The minimum atomic E-state index is -1.58. The molecule has 0 aliphatic carbocycles. The van der Waals surface area contributed by atoms with Gasteiger partial charge in [-0.25, -0.2) is 4.39 Å². The van der Waals surface area contributed by atoms with Crippen molar-refractivity contribution in [3.05, 3.63) is 58.8 Å². The fourth-order valence-electron chi connectivity index (χ4n) is 2.83. The van der Waals surface area contributed by atoms with Crippen molar-refractivity contribution in [2.45, 2.75) is 5.75 Å². The van der Waals surface area contributed by atoms with Crippen LogP contribution in [-0.4, -0.2) is 57.8 Å². The van der Waals surface area contributed by atoms with Crippen LogP contribution in [0.5, 0.6) is 0 Å². The molecule has 0 bridgehead atoms. The van der Waals surface area contributed by atoms with Gasteiger partial charge in [-0.3, -0.25) is 13.8 Å². The van der Waals surface area contributed by atoms with Crippen LogP contribution in [0.3, 0.4) is 0 Å². The van der Waals surface area contributed by atoms with Gasteiger partial charge in [-0.1, -0.05) is 17.7 Å². The SMILES string of the molecule is O=C(CS(=O)Cc1c(F)cccc1Cl)N1CCN(C(=O)c2ccco2)CC1. The monoisotopic (exact) mass is 412 g/mol. The van der Waals surface area contributed by atoms with Crippen LogP contribution in [0.4, 0.5) is 4.39 Å². The molecule has 0 N–H and O–H groups in total. The maximum Gasteiger partial charge on any atom is 0.289 e. The van der Waals surface area contributed by atoms with Crippen LogP contribution < -0.4 is 0 Å². The molecule has 2 heterocycles. The second-order valence-corrected chi connectivity index (χ2v) is 7.94. The van der Waals surface area contributed by atoms with E-state index in [4.69, 9.17) is 16.0 Å². The number of halogens is 2. The number of rotatable bonds is 5. The van der Waals surface area contributed by atoms with Crippen molar-refractivity contribution in [3.63, 3.8) is 0 Å². The molecule has 1 aliphatic rings. The normalized spacial score (nSPS) is 15.6. The van der Waals surface area contributed by atoms with Crippen molar-refractivity contribution in [2.24, 2.45) is 0 Å². The van der Waals surface area contributed by atoms with Crippen LogP contribution in [0.2, 0.25) is 5.02 Å². The summed E-state index contributed by atoms with van der Waals surface area (Å²) >= 11 is 5.93. The van der Waals surface area contributed by atoms with E-state index in [1.807, 2.05) is 0 Å². The standard InChI is InChI=1S/C18H18ClFN2O4S/c19-14-3-1-4-15(20)13(14)11-27(25)12-17(23)21-6-8-22(9-7-21)18(24)16-5-2-10-26-16/h1-5,10H,6-9,11-12H2. The molecule has 1 aromatic carbocycles. The summed E-state index contributed by atoms with van der Waals surface area (Å²) in [6.45, 7) is 1.44. The topological polar surface area (TPSA) is 70.8 Å². The molecule has 1 atom stereocenters. The number of hydrogen-bond donors (Lipinski definition) is 0. The van der Waals surface area contributed by atoms with Crippen molar-refractivity contribution in [1.29, 1.82) is 0 Å². The highest BCUT2D eigenvalue weighted by molar-refractivity contribution is 7.84. The maximum absolute atomic E-state index is 13.8. The third kappa shape index (κ3) is 4.75. The molecule has 1 unspecified atom stereocenters. The summed E-state index contributed by atoms with van der Waals surface area (Å²) in [6, 6.07) is 7.48. The van der Waals surface area contributed by atoms with Crippen LogP contribution >= 0.6 is 11.6 Å². The summed E-state index contributed by atoms with van der Waals surface area (Å²) in [4.78, 5) is 27.7. The van der Waals surface area contributed by atoms with Crippen molar-refractivity contribution in [1.82, 2.24) is 9.80 Å². The van der Waals surface area contributed by atoms with Gasteiger partial charge in [0.15, 0.2) is 5.76 Å². The number of benzene rings is 1. The molecule has 6 nitrogen and oxygen atoms in total. The molecule has 1 aromatic heterocycles. The van der Waals surface area contributed by atoms with E-state index in [0.717, 1.165) is 0 Å². The number of nitrogens with zero attached hydrogens (tertiary/aromatic N) is 2. The van der Waals surface area contributed by atoms with E-state index in [0.29, 0.717) is 26.2 Å². The molecule has 0 radical (unpaired) electrons. The first-order valence-corrected chi connectivity index (χ1v) is 10.2. The predicted octanol–water partition coefficient (Wildman–Crippen LogP) is 2.31. The fraction of sp³-hybridized carbons (Fsp3) is 0.333. The molecule has 144 valence electrons. The third-order valence-electron chi connectivity index (χ3n) is 4.30. The highest BCUT2D eigenvalue weighted by Gasteiger charge is 2.27. The Balaban J connectivity index is 1.51. The lowest BCUT2D eigenvalue weighted by molar-refractivity contribution is -0.129. The fourth-order valence-corrected chi connectivity index (χ4v) is 4.31. The van der Waals surface area contributed by atoms with Gasteiger partial charge in [0, 0.05) is 47.6 Å². The predicted molar refractivity (Wildman–Crippen MR) is 99.3 cm³/mol. The summed E-state index contributed by atoms with van der Waals surface area (Å²) in [6.07, 6.45) is 1.43. The minimum Gasteiger partial charge on any atom is -0.459 e. The summed E-state index contributed by atoms with van der Waals surface area (Å²) in [5, 5.41) is 0.195. The Morgan fingerprint density at radius 3 is 2.44 bits per heavy atom. The molecule has 3 rings (SSSR count). The molecule has 0 spiro atoms. The molecule has 1 aliphatic heterocycles. The van der Waals surface area contributed by atoms with E-state index in [2.05, 4.69) is 0 Å². The zero-order valence-corrected chi connectivity index (χ0v) is 16.0. The molecular formula is C18H18ClFN2O4S. The van der Waals surface area contributed by atoms with Gasteiger partial charge in [0.05, 0.1) is 12.0 Å². The molecule has 1 saturated heterocycles. The molecular weight excluding hydrogens is 395 g/mol. The number of amides is 2. The van der Waals surface area contributed by atoms with Gasteiger partial charge >= 0.3 is 0 Å². The molecule has 2 aromatic rings. The van der Waals surface area contributed by atoms with Crippen molar-refractivity contribution in [2.75, 3.05) is 31.9 Å². The van der Waals surface area contributed by atoms with E-state index in [1.165, 1.54) is 24.5 Å². The lowest BCUT2D eigenvalue weighted by atomic mass is 10.2. The van der Waals surface area contributed by atoms with E-state index < -0.39 is 16.6 Å². The molecule has 2 amide bonds.